The summed E-state index contributed by atoms with van der Waals surface area (Å²) in [5.74, 6) is 0.471. The van der Waals surface area contributed by atoms with Crippen LogP contribution < -0.4 is 0 Å². The SMILES string of the molecule is CC(=O)O[C@@H](C/C=C1/CC[C@@H]2[C@@]3(C)CCCC(C)(C)[C@@H]3CC[C@@]2(C)OC1=O)c1ccoc1. The molecule has 3 fully saturated rings. The second-order valence-electron chi connectivity index (χ2n) is 11.4. The Bertz CT molecular complexity index is 882. The second-order valence-corrected chi connectivity index (χ2v) is 11.4. The van der Waals surface area contributed by atoms with Gasteiger partial charge in [0.25, 0.3) is 0 Å². The van der Waals surface area contributed by atoms with E-state index < -0.39 is 11.7 Å². The monoisotopic (exact) mass is 442 g/mol. The third-order valence-electron chi connectivity index (χ3n) is 8.83. The average molecular weight is 443 g/mol. The molecule has 0 bridgehead atoms. The van der Waals surface area contributed by atoms with Gasteiger partial charge in [0.05, 0.1) is 12.5 Å². The number of carbonyl (C=O) groups excluding carboxylic acids is 2. The van der Waals surface area contributed by atoms with Crippen LogP contribution in [-0.2, 0) is 19.1 Å². The van der Waals surface area contributed by atoms with E-state index in [0.29, 0.717) is 35.7 Å². The summed E-state index contributed by atoms with van der Waals surface area (Å²) in [4.78, 5) is 24.8. The smallest absolute Gasteiger partial charge is 0.334 e. The Morgan fingerprint density at radius 2 is 1.97 bits per heavy atom. The lowest BCUT2D eigenvalue weighted by atomic mass is 9.45. The highest BCUT2D eigenvalue weighted by Gasteiger charge is 2.60. The summed E-state index contributed by atoms with van der Waals surface area (Å²) in [6.07, 6.45) is 12.5. The van der Waals surface area contributed by atoms with Crippen LogP contribution in [0.3, 0.4) is 0 Å². The number of furan rings is 1. The molecule has 0 aromatic carbocycles. The molecule has 5 heteroatoms. The lowest BCUT2D eigenvalue weighted by molar-refractivity contribution is -0.193. The molecule has 3 aliphatic rings. The van der Waals surface area contributed by atoms with Gasteiger partial charge in [-0.05, 0) is 68.3 Å². The van der Waals surface area contributed by atoms with Gasteiger partial charge < -0.3 is 13.9 Å². The molecule has 0 unspecified atom stereocenters. The molecule has 2 aliphatic carbocycles. The van der Waals surface area contributed by atoms with Crippen LogP contribution in [0.4, 0.5) is 0 Å². The van der Waals surface area contributed by atoms with Gasteiger partial charge in [0.2, 0.25) is 0 Å². The Labute approximate surface area is 191 Å². The van der Waals surface area contributed by atoms with E-state index in [9.17, 15) is 9.59 Å². The molecule has 0 radical (unpaired) electrons. The molecular formula is C27H38O5. The molecule has 0 spiro atoms. The van der Waals surface area contributed by atoms with Crippen LogP contribution in [0.15, 0.2) is 34.7 Å². The van der Waals surface area contributed by atoms with Crippen LogP contribution in [-0.4, -0.2) is 17.5 Å². The van der Waals surface area contributed by atoms with Crippen molar-refractivity contribution in [1.29, 1.82) is 0 Å². The molecule has 1 saturated heterocycles. The molecule has 1 aromatic rings. The summed E-state index contributed by atoms with van der Waals surface area (Å²) in [6, 6.07) is 1.79. The van der Waals surface area contributed by atoms with Gasteiger partial charge >= 0.3 is 11.9 Å². The van der Waals surface area contributed by atoms with Gasteiger partial charge in [0.1, 0.15) is 11.7 Å². The van der Waals surface area contributed by atoms with Crippen molar-refractivity contribution in [2.24, 2.45) is 22.7 Å². The first-order valence-electron chi connectivity index (χ1n) is 12.2. The first-order chi connectivity index (χ1) is 15.1. The molecule has 1 aliphatic heterocycles. The first kappa shape index (κ1) is 23.1. The van der Waals surface area contributed by atoms with Gasteiger partial charge in [-0.15, -0.1) is 0 Å². The quantitative estimate of drug-likeness (QED) is 0.391. The Morgan fingerprint density at radius 1 is 1.19 bits per heavy atom. The fourth-order valence-corrected chi connectivity index (χ4v) is 7.39. The minimum atomic E-state index is -0.464. The Kier molecular flexibility index (Phi) is 6.06. The van der Waals surface area contributed by atoms with Gasteiger partial charge in [0, 0.05) is 30.4 Å². The maximum absolute atomic E-state index is 13.2. The third-order valence-corrected chi connectivity index (χ3v) is 8.83. The van der Waals surface area contributed by atoms with E-state index in [2.05, 4.69) is 27.7 Å². The Balaban J connectivity index is 1.56. The zero-order valence-corrected chi connectivity index (χ0v) is 20.2. The number of hydrogen-bond acceptors (Lipinski definition) is 5. The van der Waals surface area contributed by atoms with Crippen molar-refractivity contribution in [3.8, 4) is 0 Å². The molecular weight excluding hydrogens is 404 g/mol. The summed E-state index contributed by atoms with van der Waals surface area (Å²) < 4.78 is 16.9. The Morgan fingerprint density at radius 3 is 2.66 bits per heavy atom. The van der Waals surface area contributed by atoms with Crippen LogP contribution in [0.25, 0.3) is 0 Å². The van der Waals surface area contributed by atoms with E-state index in [0.717, 1.165) is 24.8 Å². The molecule has 2 heterocycles. The van der Waals surface area contributed by atoms with Crippen molar-refractivity contribution in [3.05, 3.63) is 35.8 Å². The molecule has 176 valence electrons. The molecule has 0 amide bonds. The lowest BCUT2D eigenvalue weighted by Crippen LogP contribution is -2.58. The van der Waals surface area contributed by atoms with Crippen molar-refractivity contribution in [3.63, 3.8) is 0 Å². The highest BCUT2D eigenvalue weighted by molar-refractivity contribution is 5.89. The fraction of sp³-hybridized carbons (Fsp3) is 0.704. The van der Waals surface area contributed by atoms with Gasteiger partial charge in [-0.1, -0.05) is 33.3 Å². The summed E-state index contributed by atoms with van der Waals surface area (Å²) in [7, 11) is 0. The van der Waals surface area contributed by atoms with E-state index in [-0.39, 0.29) is 17.4 Å². The molecule has 4 rings (SSSR count). The van der Waals surface area contributed by atoms with Crippen LogP contribution in [0.5, 0.6) is 0 Å². The highest BCUT2D eigenvalue weighted by atomic mass is 16.6. The van der Waals surface area contributed by atoms with Gasteiger partial charge in [0.15, 0.2) is 0 Å². The topological polar surface area (TPSA) is 65.7 Å². The minimum absolute atomic E-state index is 0.196. The molecule has 5 atom stereocenters. The van der Waals surface area contributed by atoms with Gasteiger partial charge in [-0.2, -0.15) is 0 Å². The van der Waals surface area contributed by atoms with Gasteiger partial charge in [-0.25, -0.2) is 4.79 Å². The van der Waals surface area contributed by atoms with E-state index in [4.69, 9.17) is 13.9 Å². The summed E-state index contributed by atoms with van der Waals surface area (Å²) >= 11 is 0. The van der Waals surface area contributed by atoms with Crippen LogP contribution in [0.1, 0.15) is 97.7 Å². The maximum atomic E-state index is 13.2. The Hall–Kier alpha value is -2.04. The second kappa shape index (κ2) is 8.39. The normalized spacial score (nSPS) is 36.4. The molecule has 2 saturated carbocycles. The van der Waals surface area contributed by atoms with Crippen molar-refractivity contribution in [2.75, 3.05) is 0 Å². The number of ether oxygens (including phenoxy) is 2. The number of fused-ring (bicyclic) bond motifs is 3. The minimum Gasteiger partial charge on any atom is -0.472 e. The summed E-state index contributed by atoms with van der Waals surface area (Å²) in [5, 5.41) is 0. The largest absolute Gasteiger partial charge is 0.472 e. The van der Waals surface area contributed by atoms with E-state index >= 15 is 0 Å². The van der Waals surface area contributed by atoms with Crippen LogP contribution in [0, 0.1) is 22.7 Å². The van der Waals surface area contributed by atoms with Crippen molar-refractivity contribution in [2.45, 2.75) is 97.7 Å². The van der Waals surface area contributed by atoms with Crippen molar-refractivity contribution in [1.82, 2.24) is 0 Å². The van der Waals surface area contributed by atoms with Crippen molar-refractivity contribution < 1.29 is 23.5 Å². The number of hydrogen-bond donors (Lipinski definition) is 0. The van der Waals surface area contributed by atoms with Crippen LogP contribution >= 0.6 is 0 Å². The average Bonchev–Trinajstić information content (AvgIpc) is 3.17. The first-order valence-corrected chi connectivity index (χ1v) is 12.2. The lowest BCUT2D eigenvalue weighted by Gasteiger charge is -2.61. The third kappa shape index (κ3) is 4.15. The maximum Gasteiger partial charge on any atom is 0.334 e. The summed E-state index contributed by atoms with van der Waals surface area (Å²) in [5.41, 5.74) is 1.62. The summed E-state index contributed by atoms with van der Waals surface area (Å²) in [6.45, 7) is 10.9. The standard InChI is InChI=1S/C27H38O5/c1-18(28)31-21(20-12-16-30-17-20)9-7-19-8-10-23-26(4)14-6-13-25(2,3)22(26)11-15-27(23,5)32-24(19)29/h7,12,16-17,21-23H,6,8-11,13-15H2,1-5H3/b19-7-/t21-,22-,23+,26-,27+/m0/s1. The number of esters is 2. The zero-order valence-electron chi connectivity index (χ0n) is 20.2. The van der Waals surface area contributed by atoms with E-state index in [1.54, 1.807) is 18.6 Å². The van der Waals surface area contributed by atoms with Gasteiger partial charge in [-0.3, -0.25) is 4.79 Å². The van der Waals surface area contributed by atoms with E-state index in [1.165, 1.54) is 26.2 Å². The molecule has 1 aromatic heterocycles. The van der Waals surface area contributed by atoms with Crippen LogP contribution in [0.2, 0.25) is 0 Å². The van der Waals surface area contributed by atoms with Crippen molar-refractivity contribution >= 4 is 11.9 Å². The number of carbonyl (C=O) groups is 2. The van der Waals surface area contributed by atoms with E-state index in [1.807, 2.05) is 6.08 Å². The molecule has 5 nitrogen and oxygen atoms in total. The molecule has 0 N–H and O–H groups in total. The zero-order chi connectivity index (χ0) is 23.1. The predicted octanol–water partition coefficient (Wildman–Crippen LogP) is 6.54. The number of rotatable bonds is 4. The fourth-order valence-electron chi connectivity index (χ4n) is 7.39. The highest BCUT2D eigenvalue weighted by Crippen LogP contribution is 2.64. The predicted molar refractivity (Wildman–Crippen MR) is 122 cm³/mol. The molecule has 32 heavy (non-hydrogen) atoms.